The highest BCUT2D eigenvalue weighted by Gasteiger charge is 2.29. The van der Waals surface area contributed by atoms with Crippen LogP contribution in [0.15, 0.2) is 54.9 Å². The number of hydrogen-bond donors (Lipinski definition) is 1. The average Bonchev–Trinajstić information content (AvgIpc) is 3.32. The molecule has 6 heteroatoms. The molecule has 1 N–H and O–H groups in total. The highest BCUT2D eigenvalue weighted by molar-refractivity contribution is 5.79. The molecule has 0 atom stereocenters. The number of nitrogens with zero attached hydrogens (tertiary/aromatic N) is 4. The Hall–Kier alpha value is -3.28. The summed E-state index contributed by atoms with van der Waals surface area (Å²) in [6.45, 7) is 2.26. The van der Waals surface area contributed by atoms with E-state index in [1.165, 1.54) is 11.3 Å². The van der Waals surface area contributed by atoms with E-state index in [9.17, 15) is 4.79 Å². The van der Waals surface area contributed by atoms with Crippen molar-refractivity contribution in [2.24, 2.45) is 5.92 Å². The summed E-state index contributed by atoms with van der Waals surface area (Å²) in [7, 11) is 0. The van der Waals surface area contributed by atoms with Gasteiger partial charge in [0, 0.05) is 54.8 Å². The molecule has 1 saturated heterocycles. The molecule has 5 rings (SSSR count). The average molecular weight is 414 g/mol. The van der Waals surface area contributed by atoms with Crippen LogP contribution in [0.2, 0.25) is 0 Å². The summed E-state index contributed by atoms with van der Waals surface area (Å²) in [5.74, 6) is 2.10. The molecule has 3 heterocycles. The van der Waals surface area contributed by atoms with E-state index < -0.39 is 0 Å². The van der Waals surface area contributed by atoms with Gasteiger partial charge in [0.15, 0.2) is 5.82 Å². The molecule has 0 saturated carbocycles. The molecule has 0 bridgehead atoms. The zero-order valence-corrected chi connectivity index (χ0v) is 17.6. The fourth-order valence-electron chi connectivity index (χ4n) is 4.58. The molecule has 1 aromatic carbocycles. The summed E-state index contributed by atoms with van der Waals surface area (Å²) in [6.07, 6.45) is 8.42. The number of nitrogens with one attached hydrogen (secondary N) is 1. The zero-order chi connectivity index (χ0) is 21.0. The van der Waals surface area contributed by atoms with E-state index in [1.807, 2.05) is 30.3 Å². The number of hydrogen-bond acceptors (Lipinski definition) is 5. The molecular weight excluding hydrogens is 386 g/mol. The van der Waals surface area contributed by atoms with Crippen LogP contribution in [-0.2, 0) is 24.2 Å². The molecule has 1 amide bonds. The fraction of sp³-hybridized carbons (Fsp3) is 0.360. The minimum absolute atomic E-state index is 0.0570. The number of fused-ring (bicyclic) bond motifs is 1. The predicted molar refractivity (Wildman–Crippen MR) is 121 cm³/mol. The van der Waals surface area contributed by atoms with Crippen molar-refractivity contribution in [1.82, 2.24) is 20.3 Å². The summed E-state index contributed by atoms with van der Waals surface area (Å²) in [5, 5.41) is 3.08. The number of carbonyl (C=O) groups is 1. The molecule has 1 aliphatic heterocycles. The Balaban J connectivity index is 1.27. The van der Waals surface area contributed by atoms with Crippen LogP contribution in [0.1, 0.15) is 36.1 Å². The first-order valence-electron chi connectivity index (χ1n) is 11.1. The topological polar surface area (TPSA) is 71.0 Å². The van der Waals surface area contributed by atoms with Crippen molar-refractivity contribution in [3.63, 3.8) is 0 Å². The van der Waals surface area contributed by atoms with Gasteiger partial charge in [-0.15, -0.1) is 0 Å². The maximum absolute atomic E-state index is 12.7. The predicted octanol–water partition coefficient (Wildman–Crippen LogP) is 3.56. The molecule has 2 aromatic heterocycles. The van der Waals surface area contributed by atoms with E-state index in [1.54, 1.807) is 12.4 Å². The van der Waals surface area contributed by atoms with Crippen LogP contribution in [0.25, 0.3) is 11.4 Å². The number of pyridine rings is 1. The number of benzene rings is 1. The summed E-state index contributed by atoms with van der Waals surface area (Å²) >= 11 is 0. The van der Waals surface area contributed by atoms with E-state index in [4.69, 9.17) is 9.97 Å². The Bertz CT molecular complexity index is 1050. The van der Waals surface area contributed by atoms with Crippen LogP contribution in [0, 0.1) is 5.92 Å². The van der Waals surface area contributed by atoms with E-state index in [0.29, 0.717) is 6.54 Å². The normalized spacial score (nSPS) is 16.2. The maximum atomic E-state index is 12.7. The highest BCUT2D eigenvalue weighted by atomic mass is 16.1. The number of piperidine rings is 1. The third-order valence-electron chi connectivity index (χ3n) is 6.32. The van der Waals surface area contributed by atoms with Gasteiger partial charge in [-0.05, 0) is 49.8 Å². The van der Waals surface area contributed by atoms with Crippen LogP contribution in [0.5, 0.6) is 0 Å². The van der Waals surface area contributed by atoms with Crippen molar-refractivity contribution in [2.45, 2.75) is 38.6 Å². The summed E-state index contributed by atoms with van der Waals surface area (Å²) in [4.78, 5) is 28.9. The minimum atomic E-state index is 0.0570. The van der Waals surface area contributed by atoms with Crippen molar-refractivity contribution < 1.29 is 4.79 Å². The molecule has 0 unspecified atom stereocenters. The molecule has 1 aliphatic carbocycles. The van der Waals surface area contributed by atoms with Crippen molar-refractivity contribution >= 4 is 11.7 Å². The van der Waals surface area contributed by atoms with Crippen molar-refractivity contribution in [3.8, 4) is 11.4 Å². The lowest BCUT2D eigenvalue weighted by Gasteiger charge is -2.33. The summed E-state index contributed by atoms with van der Waals surface area (Å²) in [6, 6.07) is 14.1. The van der Waals surface area contributed by atoms with E-state index in [0.717, 1.165) is 68.0 Å². The monoisotopic (exact) mass is 413 g/mol. The minimum Gasteiger partial charge on any atom is -0.356 e. The number of carbonyl (C=O) groups excluding carboxylic acids is 1. The standard InChI is InChI=1S/C25H27N5O/c31-25(27-17-18-9-13-26-14-10-18)20-11-15-30(16-12-20)24-21-7-4-8-22(21)28-23(29-24)19-5-2-1-3-6-19/h1-3,5-6,9-10,13-14,20H,4,7-8,11-12,15-17H2,(H,27,31). The Morgan fingerprint density at radius 3 is 2.55 bits per heavy atom. The van der Waals surface area contributed by atoms with Gasteiger partial charge >= 0.3 is 0 Å². The van der Waals surface area contributed by atoms with Gasteiger partial charge in [0.1, 0.15) is 5.82 Å². The molecule has 158 valence electrons. The number of amides is 1. The van der Waals surface area contributed by atoms with E-state index in [2.05, 4.69) is 27.3 Å². The first-order valence-corrected chi connectivity index (χ1v) is 11.1. The second-order valence-corrected chi connectivity index (χ2v) is 8.35. The molecule has 0 radical (unpaired) electrons. The first-order chi connectivity index (χ1) is 15.3. The maximum Gasteiger partial charge on any atom is 0.223 e. The van der Waals surface area contributed by atoms with Gasteiger partial charge in [-0.25, -0.2) is 9.97 Å². The Morgan fingerprint density at radius 2 is 1.77 bits per heavy atom. The van der Waals surface area contributed by atoms with Crippen LogP contribution in [0.4, 0.5) is 5.82 Å². The number of aryl methyl sites for hydroxylation is 1. The second-order valence-electron chi connectivity index (χ2n) is 8.35. The Morgan fingerprint density at radius 1 is 1.00 bits per heavy atom. The number of anilines is 1. The van der Waals surface area contributed by atoms with Gasteiger partial charge in [0.2, 0.25) is 5.91 Å². The number of rotatable bonds is 5. The van der Waals surface area contributed by atoms with Gasteiger partial charge in [-0.3, -0.25) is 9.78 Å². The first kappa shape index (κ1) is 19.7. The lowest BCUT2D eigenvalue weighted by Crippen LogP contribution is -2.41. The van der Waals surface area contributed by atoms with Crippen LogP contribution >= 0.6 is 0 Å². The summed E-state index contributed by atoms with van der Waals surface area (Å²) in [5.41, 5.74) is 4.64. The largest absolute Gasteiger partial charge is 0.356 e. The molecule has 6 nitrogen and oxygen atoms in total. The van der Waals surface area contributed by atoms with Crippen LogP contribution in [-0.4, -0.2) is 33.9 Å². The van der Waals surface area contributed by atoms with Gasteiger partial charge in [0.25, 0.3) is 0 Å². The van der Waals surface area contributed by atoms with E-state index in [-0.39, 0.29) is 11.8 Å². The molecular formula is C25H27N5O. The van der Waals surface area contributed by atoms with E-state index >= 15 is 0 Å². The van der Waals surface area contributed by atoms with Crippen molar-refractivity contribution in [3.05, 3.63) is 71.7 Å². The van der Waals surface area contributed by atoms with Crippen LogP contribution in [0.3, 0.4) is 0 Å². The van der Waals surface area contributed by atoms with Crippen molar-refractivity contribution in [2.75, 3.05) is 18.0 Å². The van der Waals surface area contributed by atoms with Gasteiger partial charge in [-0.2, -0.15) is 0 Å². The van der Waals surface area contributed by atoms with Gasteiger partial charge in [-0.1, -0.05) is 30.3 Å². The summed E-state index contributed by atoms with van der Waals surface area (Å²) < 4.78 is 0. The number of aromatic nitrogens is 3. The van der Waals surface area contributed by atoms with Gasteiger partial charge < -0.3 is 10.2 Å². The molecule has 2 aliphatic rings. The fourth-order valence-corrected chi connectivity index (χ4v) is 4.58. The third-order valence-corrected chi connectivity index (χ3v) is 6.32. The molecule has 31 heavy (non-hydrogen) atoms. The lowest BCUT2D eigenvalue weighted by atomic mass is 9.95. The Labute approximate surface area is 182 Å². The smallest absolute Gasteiger partial charge is 0.223 e. The quantitative estimate of drug-likeness (QED) is 0.693. The highest BCUT2D eigenvalue weighted by Crippen LogP contribution is 2.33. The van der Waals surface area contributed by atoms with Crippen LogP contribution < -0.4 is 10.2 Å². The molecule has 1 fully saturated rings. The van der Waals surface area contributed by atoms with Gasteiger partial charge in [0.05, 0.1) is 0 Å². The second kappa shape index (κ2) is 8.84. The van der Waals surface area contributed by atoms with Crippen molar-refractivity contribution in [1.29, 1.82) is 0 Å². The lowest BCUT2D eigenvalue weighted by molar-refractivity contribution is -0.125. The molecule has 3 aromatic rings. The SMILES string of the molecule is O=C(NCc1ccncc1)C1CCN(c2nc(-c3ccccc3)nc3c2CCC3)CC1. The molecule has 0 spiro atoms. The third kappa shape index (κ3) is 4.29. The zero-order valence-electron chi connectivity index (χ0n) is 17.6. The Kier molecular flexibility index (Phi) is 5.61.